The number of benzene rings is 1. The molecule has 0 aliphatic carbocycles. The predicted octanol–water partition coefficient (Wildman–Crippen LogP) is 1.74. The summed E-state index contributed by atoms with van der Waals surface area (Å²) >= 11 is 0. The van der Waals surface area contributed by atoms with Gasteiger partial charge < -0.3 is 15.0 Å². The molecular weight excluding hydrogens is 290 g/mol. The molecule has 0 spiro atoms. The van der Waals surface area contributed by atoms with Crippen molar-refractivity contribution in [1.29, 1.82) is 0 Å². The minimum atomic E-state index is -0.892. The molecule has 1 fully saturated rings. The van der Waals surface area contributed by atoms with E-state index in [0.717, 1.165) is 44.1 Å². The molecule has 1 aliphatic heterocycles. The molecule has 0 atom stereocenters. The third-order valence-electron chi connectivity index (χ3n) is 3.41. The zero-order valence-electron chi connectivity index (χ0n) is 11.9. The molecule has 0 unspecified atom stereocenters. The van der Waals surface area contributed by atoms with Gasteiger partial charge in [0.1, 0.15) is 12.4 Å². The van der Waals surface area contributed by atoms with Crippen LogP contribution in [0.1, 0.15) is 5.56 Å². The Kier molecular flexibility index (Phi) is 4.43. The monoisotopic (exact) mass is 306 g/mol. The molecule has 7 heteroatoms. The Morgan fingerprint density at radius 1 is 1.14 bits per heavy atom. The lowest BCUT2D eigenvalue weighted by molar-refractivity contribution is 0.280. The minimum absolute atomic E-state index is 0.0855. The average Bonchev–Trinajstić information content (AvgIpc) is 2.57. The van der Waals surface area contributed by atoms with Crippen molar-refractivity contribution in [3.05, 3.63) is 47.7 Å². The molecule has 0 radical (unpaired) electrons. The van der Waals surface area contributed by atoms with Gasteiger partial charge in [0.05, 0.1) is 0 Å². The molecule has 1 N–H and O–H groups in total. The second-order valence-electron chi connectivity index (χ2n) is 4.97. The quantitative estimate of drug-likeness (QED) is 0.932. The molecule has 2 aromatic rings. The molecule has 22 heavy (non-hydrogen) atoms. The van der Waals surface area contributed by atoms with Crippen molar-refractivity contribution in [3.63, 3.8) is 0 Å². The van der Waals surface area contributed by atoms with Crippen LogP contribution in [0, 0.1) is 11.6 Å². The van der Waals surface area contributed by atoms with E-state index < -0.39 is 11.6 Å². The molecule has 116 valence electrons. The van der Waals surface area contributed by atoms with Gasteiger partial charge in [0.15, 0.2) is 11.6 Å². The summed E-state index contributed by atoms with van der Waals surface area (Å²) < 4.78 is 31.5. The highest BCUT2D eigenvalue weighted by molar-refractivity contribution is 5.38. The Bertz CT molecular complexity index is 647. The van der Waals surface area contributed by atoms with Crippen molar-refractivity contribution in [2.24, 2.45) is 0 Å². The Morgan fingerprint density at radius 3 is 2.73 bits per heavy atom. The number of anilines is 1. The molecule has 0 amide bonds. The fourth-order valence-corrected chi connectivity index (χ4v) is 2.25. The van der Waals surface area contributed by atoms with Gasteiger partial charge in [0.2, 0.25) is 0 Å². The molecule has 0 bridgehead atoms. The largest absolute Gasteiger partial charge is 0.459 e. The third-order valence-corrected chi connectivity index (χ3v) is 3.41. The van der Waals surface area contributed by atoms with Gasteiger partial charge in [-0.25, -0.2) is 13.8 Å². The summed E-state index contributed by atoms with van der Waals surface area (Å²) in [4.78, 5) is 10.5. The molecule has 1 aliphatic rings. The molecule has 1 saturated heterocycles. The van der Waals surface area contributed by atoms with Crippen molar-refractivity contribution in [1.82, 2.24) is 15.3 Å². The molecule has 1 aromatic heterocycles. The Hall–Kier alpha value is -2.28. The first-order valence-corrected chi connectivity index (χ1v) is 7.08. The predicted molar refractivity (Wildman–Crippen MR) is 77.8 cm³/mol. The van der Waals surface area contributed by atoms with E-state index in [1.54, 1.807) is 6.20 Å². The highest BCUT2D eigenvalue weighted by Crippen LogP contribution is 2.15. The summed E-state index contributed by atoms with van der Waals surface area (Å²) in [5, 5.41) is 3.27. The molecule has 3 rings (SSSR count). The van der Waals surface area contributed by atoms with Gasteiger partial charge in [-0.1, -0.05) is 6.07 Å². The van der Waals surface area contributed by atoms with E-state index in [9.17, 15) is 8.78 Å². The van der Waals surface area contributed by atoms with Gasteiger partial charge in [-0.15, -0.1) is 0 Å². The van der Waals surface area contributed by atoms with Crippen LogP contribution < -0.4 is 15.0 Å². The van der Waals surface area contributed by atoms with Crippen molar-refractivity contribution < 1.29 is 13.5 Å². The maximum atomic E-state index is 13.1. The minimum Gasteiger partial charge on any atom is -0.459 e. The summed E-state index contributed by atoms with van der Waals surface area (Å²) in [7, 11) is 0. The first-order chi connectivity index (χ1) is 10.7. The number of aromatic nitrogens is 2. The van der Waals surface area contributed by atoms with Gasteiger partial charge in [-0.2, -0.15) is 4.98 Å². The Morgan fingerprint density at radius 2 is 1.95 bits per heavy atom. The number of hydrogen-bond acceptors (Lipinski definition) is 5. The van der Waals surface area contributed by atoms with E-state index >= 15 is 0 Å². The van der Waals surface area contributed by atoms with E-state index in [1.807, 2.05) is 6.07 Å². The van der Waals surface area contributed by atoms with Crippen LogP contribution in [0.15, 0.2) is 30.5 Å². The van der Waals surface area contributed by atoms with Gasteiger partial charge in [0.25, 0.3) is 0 Å². The molecule has 2 heterocycles. The summed E-state index contributed by atoms with van der Waals surface area (Å²) in [5.41, 5.74) is 0.523. The maximum Gasteiger partial charge on any atom is 0.318 e. The summed E-state index contributed by atoms with van der Waals surface area (Å²) in [6, 6.07) is 5.70. The van der Waals surface area contributed by atoms with Crippen molar-refractivity contribution in [2.45, 2.75) is 6.61 Å². The normalized spacial score (nSPS) is 14.9. The SMILES string of the molecule is Fc1ccc(COc2nccc(N3CCNCC3)n2)cc1F. The number of hydrogen-bond donors (Lipinski definition) is 1. The number of piperazine rings is 1. The van der Waals surface area contributed by atoms with Crippen LogP contribution in [0.4, 0.5) is 14.6 Å². The number of rotatable bonds is 4. The number of nitrogens with one attached hydrogen (secondary N) is 1. The standard InChI is InChI=1S/C15H16F2N4O/c16-12-2-1-11(9-13(12)17)10-22-15-19-4-3-14(20-15)21-7-5-18-6-8-21/h1-4,9,18H,5-8,10H2. The zero-order valence-corrected chi connectivity index (χ0v) is 11.9. The maximum absolute atomic E-state index is 13.1. The topological polar surface area (TPSA) is 50.3 Å². The molecule has 1 aromatic carbocycles. The van der Waals surface area contributed by atoms with Crippen LogP contribution in [0.5, 0.6) is 6.01 Å². The first-order valence-electron chi connectivity index (χ1n) is 7.08. The Balaban J connectivity index is 1.66. The van der Waals surface area contributed by atoms with E-state index in [-0.39, 0.29) is 12.6 Å². The van der Waals surface area contributed by atoms with Gasteiger partial charge in [0, 0.05) is 32.4 Å². The van der Waals surface area contributed by atoms with Crippen molar-refractivity contribution >= 4 is 5.82 Å². The molecular formula is C15H16F2N4O. The number of nitrogens with zero attached hydrogens (tertiary/aromatic N) is 3. The van der Waals surface area contributed by atoms with Crippen LogP contribution in [-0.4, -0.2) is 36.1 Å². The lowest BCUT2D eigenvalue weighted by Gasteiger charge is -2.28. The van der Waals surface area contributed by atoms with Crippen molar-refractivity contribution in [2.75, 3.05) is 31.1 Å². The van der Waals surface area contributed by atoms with Gasteiger partial charge in [-0.3, -0.25) is 0 Å². The summed E-state index contributed by atoms with van der Waals surface area (Å²) in [6.07, 6.45) is 1.63. The number of halogens is 2. The smallest absolute Gasteiger partial charge is 0.318 e. The van der Waals surface area contributed by atoms with E-state index in [0.29, 0.717) is 5.56 Å². The van der Waals surface area contributed by atoms with Gasteiger partial charge >= 0.3 is 6.01 Å². The highest BCUT2D eigenvalue weighted by Gasteiger charge is 2.13. The fourth-order valence-electron chi connectivity index (χ4n) is 2.25. The summed E-state index contributed by atoms with van der Waals surface area (Å²) in [5.74, 6) is -0.964. The van der Waals surface area contributed by atoms with Crippen LogP contribution in [0.3, 0.4) is 0 Å². The van der Waals surface area contributed by atoms with E-state index in [4.69, 9.17) is 4.74 Å². The zero-order chi connectivity index (χ0) is 15.4. The second-order valence-corrected chi connectivity index (χ2v) is 4.97. The van der Waals surface area contributed by atoms with Crippen LogP contribution >= 0.6 is 0 Å². The van der Waals surface area contributed by atoms with Crippen LogP contribution in [0.2, 0.25) is 0 Å². The second kappa shape index (κ2) is 6.65. The molecule has 5 nitrogen and oxygen atoms in total. The van der Waals surface area contributed by atoms with Crippen LogP contribution in [-0.2, 0) is 6.61 Å². The Labute approximate surface area is 127 Å². The average molecular weight is 306 g/mol. The van der Waals surface area contributed by atoms with E-state index in [1.165, 1.54) is 6.07 Å². The fraction of sp³-hybridized carbons (Fsp3) is 0.333. The lowest BCUT2D eigenvalue weighted by atomic mass is 10.2. The number of ether oxygens (including phenoxy) is 1. The van der Waals surface area contributed by atoms with Crippen molar-refractivity contribution in [3.8, 4) is 6.01 Å². The van der Waals surface area contributed by atoms with Crippen LogP contribution in [0.25, 0.3) is 0 Å². The highest BCUT2D eigenvalue weighted by atomic mass is 19.2. The third kappa shape index (κ3) is 3.48. The lowest BCUT2D eigenvalue weighted by Crippen LogP contribution is -2.43. The first kappa shape index (κ1) is 14.6. The summed E-state index contributed by atoms with van der Waals surface area (Å²) in [6.45, 7) is 3.66. The van der Waals surface area contributed by atoms with E-state index in [2.05, 4.69) is 20.2 Å². The van der Waals surface area contributed by atoms with Gasteiger partial charge in [-0.05, 0) is 23.8 Å². The molecule has 0 saturated carbocycles.